The monoisotopic (exact) mass is 350 g/mol. The third-order valence-electron chi connectivity index (χ3n) is 3.22. The fourth-order valence-corrected chi connectivity index (χ4v) is 2.06. The van der Waals surface area contributed by atoms with E-state index in [0.717, 1.165) is 0 Å². The molecule has 1 aromatic rings. The molecule has 0 aliphatic rings. The Balaban J connectivity index is 2.73. The number of aromatic nitrogens is 1. The van der Waals surface area contributed by atoms with E-state index >= 15 is 0 Å². The number of Topliss-reactive ketones (excluding diaryl/α,β-unsaturated/α-hetero) is 1. The lowest BCUT2D eigenvalue weighted by molar-refractivity contribution is -0.158. The molecule has 0 aliphatic carbocycles. The average Bonchev–Trinajstić information content (AvgIpc) is 2.56. The molecule has 0 aromatic carbocycles. The first-order chi connectivity index (χ1) is 11.8. The van der Waals surface area contributed by atoms with Crippen molar-refractivity contribution in [3.05, 3.63) is 23.4 Å². The molecule has 0 bridgehead atoms. The maximum Gasteiger partial charge on any atom is 0.327 e. The number of nitrogens with two attached hydrogens (primary N) is 4. The molecule has 0 fully saturated rings. The van der Waals surface area contributed by atoms with Gasteiger partial charge in [0, 0.05) is 30.3 Å². The molecule has 0 unspecified atom stereocenters. The fraction of sp³-hybridized carbons (Fsp3) is 0.400. The van der Waals surface area contributed by atoms with Crippen LogP contribution in [-0.2, 0) is 20.7 Å². The Morgan fingerprint density at radius 3 is 2.52 bits per heavy atom. The van der Waals surface area contributed by atoms with Gasteiger partial charge in [0.25, 0.3) is 0 Å². The normalized spacial score (nSPS) is 10.1. The summed E-state index contributed by atoms with van der Waals surface area (Å²) in [6.07, 6.45) is 2.08. The van der Waals surface area contributed by atoms with Crippen LogP contribution in [0.15, 0.2) is 17.3 Å². The lowest BCUT2D eigenvalue weighted by Crippen LogP contribution is -2.23. The SMILES string of the molecule is NCC(=O)OC(=O)CCc1c(C(=O)CCCN=C(N)N)ccnc1N. The summed E-state index contributed by atoms with van der Waals surface area (Å²) in [4.78, 5) is 42.6. The summed E-state index contributed by atoms with van der Waals surface area (Å²) in [7, 11) is 0. The molecular formula is C15H22N6O4. The Labute approximate surface area is 144 Å². The number of carbonyl (C=O) groups excluding carboxylic acids is 3. The van der Waals surface area contributed by atoms with Crippen molar-refractivity contribution in [2.45, 2.75) is 25.7 Å². The molecule has 10 heteroatoms. The first-order valence-corrected chi connectivity index (χ1v) is 7.60. The van der Waals surface area contributed by atoms with Crippen LogP contribution in [0.5, 0.6) is 0 Å². The summed E-state index contributed by atoms with van der Waals surface area (Å²) >= 11 is 0. The Bertz CT molecular complexity index is 670. The second-order valence-electron chi connectivity index (χ2n) is 5.11. The molecule has 10 nitrogen and oxygen atoms in total. The molecule has 0 spiro atoms. The van der Waals surface area contributed by atoms with Crippen LogP contribution < -0.4 is 22.9 Å². The van der Waals surface area contributed by atoms with E-state index in [4.69, 9.17) is 22.9 Å². The van der Waals surface area contributed by atoms with Gasteiger partial charge < -0.3 is 27.7 Å². The van der Waals surface area contributed by atoms with Gasteiger partial charge in [-0.05, 0) is 18.9 Å². The number of anilines is 1. The minimum Gasteiger partial charge on any atom is -0.392 e. The molecule has 1 rings (SSSR count). The summed E-state index contributed by atoms with van der Waals surface area (Å²) < 4.78 is 4.48. The van der Waals surface area contributed by atoms with Crippen LogP contribution in [0.4, 0.5) is 5.82 Å². The van der Waals surface area contributed by atoms with Crippen molar-refractivity contribution >= 4 is 29.5 Å². The highest BCUT2D eigenvalue weighted by Crippen LogP contribution is 2.19. The van der Waals surface area contributed by atoms with Crippen molar-refractivity contribution in [1.29, 1.82) is 0 Å². The van der Waals surface area contributed by atoms with Gasteiger partial charge in [-0.25, -0.2) is 4.98 Å². The highest BCUT2D eigenvalue weighted by atomic mass is 16.6. The van der Waals surface area contributed by atoms with Crippen LogP contribution in [0, 0.1) is 0 Å². The maximum atomic E-state index is 12.4. The third kappa shape index (κ3) is 6.96. The highest BCUT2D eigenvalue weighted by molar-refractivity contribution is 5.98. The van der Waals surface area contributed by atoms with Crippen molar-refractivity contribution in [2.75, 3.05) is 18.8 Å². The third-order valence-corrected chi connectivity index (χ3v) is 3.22. The number of hydrogen-bond donors (Lipinski definition) is 4. The topological polar surface area (TPSA) is 190 Å². The largest absolute Gasteiger partial charge is 0.392 e. The summed E-state index contributed by atoms with van der Waals surface area (Å²) in [5, 5.41) is 0. The van der Waals surface area contributed by atoms with E-state index in [1.807, 2.05) is 0 Å². The van der Waals surface area contributed by atoms with Crippen molar-refractivity contribution in [2.24, 2.45) is 22.2 Å². The molecule has 8 N–H and O–H groups in total. The first kappa shape index (κ1) is 20.0. The molecule has 25 heavy (non-hydrogen) atoms. The number of pyridine rings is 1. The van der Waals surface area contributed by atoms with E-state index in [-0.39, 0.29) is 43.4 Å². The van der Waals surface area contributed by atoms with Crippen LogP contribution in [0.3, 0.4) is 0 Å². The predicted octanol–water partition coefficient (Wildman–Crippen LogP) is -1.14. The molecular weight excluding hydrogens is 328 g/mol. The van der Waals surface area contributed by atoms with Gasteiger partial charge in [0.15, 0.2) is 11.7 Å². The number of ether oxygens (including phenoxy) is 1. The van der Waals surface area contributed by atoms with Gasteiger partial charge in [0.2, 0.25) is 0 Å². The number of rotatable bonds is 9. The van der Waals surface area contributed by atoms with E-state index in [2.05, 4.69) is 14.7 Å². The van der Waals surface area contributed by atoms with E-state index in [9.17, 15) is 14.4 Å². The van der Waals surface area contributed by atoms with Gasteiger partial charge in [-0.3, -0.25) is 19.4 Å². The zero-order valence-electron chi connectivity index (χ0n) is 13.7. The zero-order chi connectivity index (χ0) is 18.8. The standard InChI is InChI=1S/C15H22N6O4/c16-8-13(24)25-12(23)4-3-10-9(5-7-20-14(10)17)11(22)2-1-6-21-15(18)19/h5,7H,1-4,6,8,16H2,(H2,17,20)(H4,18,19,21). The van der Waals surface area contributed by atoms with E-state index in [1.54, 1.807) is 0 Å². The Morgan fingerprint density at radius 2 is 1.88 bits per heavy atom. The van der Waals surface area contributed by atoms with E-state index in [1.165, 1.54) is 12.3 Å². The van der Waals surface area contributed by atoms with Gasteiger partial charge in [-0.15, -0.1) is 0 Å². The van der Waals surface area contributed by atoms with E-state index < -0.39 is 11.9 Å². The number of ketones is 1. The minimum absolute atomic E-state index is 0.0353. The van der Waals surface area contributed by atoms with Crippen LogP contribution in [0.25, 0.3) is 0 Å². The van der Waals surface area contributed by atoms with Crippen LogP contribution in [-0.4, -0.2) is 41.8 Å². The quantitative estimate of drug-likeness (QED) is 0.106. The molecule has 1 aromatic heterocycles. The summed E-state index contributed by atoms with van der Waals surface area (Å²) in [6, 6.07) is 1.53. The number of aliphatic imine (C=N–C) groups is 1. The number of guanidine groups is 1. The smallest absolute Gasteiger partial charge is 0.327 e. The van der Waals surface area contributed by atoms with Crippen molar-refractivity contribution in [3.63, 3.8) is 0 Å². The number of esters is 2. The average molecular weight is 350 g/mol. The van der Waals surface area contributed by atoms with Crippen LogP contribution in [0.1, 0.15) is 35.2 Å². The van der Waals surface area contributed by atoms with Crippen LogP contribution >= 0.6 is 0 Å². The molecule has 0 atom stereocenters. The summed E-state index contributed by atoms with van der Waals surface area (Å²) in [5.74, 6) is -1.62. The number of carbonyl (C=O) groups is 3. The predicted molar refractivity (Wildman–Crippen MR) is 91.4 cm³/mol. The summed E-state index contributed by atoms with van der Waals surface area (Å²) in [6.45, 7) is -0.0577. The highest BCUT2D eigenvalue weighted by Gasteiger charge is 2.17. The lowest BCUT2D eigenvalue weighted by Gasteiger charge is -2.10. The molecule has 136 valence electrons. The van der Waals surface area contributed by atoms with Gasteiger partial charge in [-0.2, -0.15) is 0 Å². The van der Waals surface area contributed by atoms with Crippen molar-refractivity contribution in [3.8, 4) is 0 Å². The fourth-order valence-electron chi connectivity index (χ4n) is 2.06. The second-order valence-corrected chi connectivity index (χ2v) is 5.11. The Hall–Kier alpha value is -3.01. The maximum absolute atomic E-state index is 12.4. The second kappa shape index (κ2) is 9.98. The lowest BCUT2D eigenvalue weighted by atomic mass is 9.98. The van der Waals surface area contributed by atoms with Gasteiger partial charge in [0.05, 0.1) is 13.0 Å². The van der Waals surface area contributed by atoms with Crippen LogP contribution in [0.2, 0.25) is 0 Å². The number of hydrogen-bond acceptors (Lipinski definition) is 8. The first-order valence-electron chi connectivity index (χ1n) is 7.60. The van der Waals surface area contributed by atoms with Gasteiger partial charge in [-0.1, -0.05) is 0 Å². The molecule has 0 saturated carbocycles. The van der Waals surface area contributed by atoms with Crippen molar-refractivity contribution < 1.29 is 19.1 Å². The van der Waals surface area contributed by atoms with Crippen molar-refractivity contribution in [1.82, 2.24) is 4.98 Å². The number of nitrogens with zero attached hydrogens (tertiary/aromatic N) is 2. The Morgan fingerprint density at radius 1 is 1.16 bits per heavy atom. The molecule has 0 saturated heterocycles. The molecule has 0 aliphatic heterocycles. The molecule has 0 radical (unpaired) electrons. The van der Waals surface area contributed by atoms with Gasteiger partial charge >= 0.3 is 11.9 Å². The van der Waals surface area contributed by atoms with E-state index in [0.29, 0.717) is 24.1 Å². The van der Waals surface area contributed by atoms with Gasteiger partial charge in [0.1, 0.15) is 5.82 Å². The Kier molecular flexibility index (Phi) is 8.00. The summed E-state index contributed by atoms with van der Waals surface area (Å²) in [5.41, 5.74) is 22.1. The molecule has 0 amide bonds. The minimum atomic E-state index is -0.819. The number of nitrogen functional groups attached to an aromatic ring is 1. The zero-order valence-corrected chi connectivity index (χ0v) is 13.7. The molecule has 1 heterocycles.